The van der Waals surface area contributed by atoms with E-state index in [2.05, 4.69) is 9.62 Å². The van der Waals surface area contributed by atoms with E-state index in [4.69, 9.17) is 0 Å². The number of halogens is 4. The molecule has 1 atom stereocenters. The third-order valence-electron chi connectivity index (χ3n) is 2.68. The fraction of sp³-hybridized carbons (Fsp3) is 0.667. The van der Waals surface area contributed by atoms with Crippen molar-refractivity contribution in [1.82, 2.24) is 5.01 Å². The van der Waals surface area contributed by atoms with Crippen LogP contribution in [0.2, 0.25) is 0 Å². The summed E-state index contributed by atoms with van der Waals surface area (Å²) in [7, 11) is 1.42. The Hall–Kier alpha value is -0.400. The topological polar surface area (TPSA) is 17.2 Å². The number of likely N-dealkylation sites (N-methyl/N-ethyl adjacent to an activating group) is 1. The summed E-state index contributed by atoms with van der Waals surface area (Å²) in [5.74, 6) is 0. The Morgan fingerprint density at radius 1 is 1.33 bits per heavy atom. The zero-order valence-electron chi connectivity index (χ0n) is 11.8. The van der Waals surface area contributed by atoms with Crippen molar-refractivity contribution in [2.45, 2.75) is 33.0 Å². The number of hydrazone groups is 1. The van der Waals surface area contributed by atoms with E-state index in [0.717, 1.165) is 8.73 Å². The molecule has 2 nitrogen and oxygen atoms in total. The van der Waals surface area contributed by atoms with Crippen LogP contribution in [0.25, 0.3) is 0 Å². The molecule has 0 aliphatic heterocycles. The van der Waals surface area contributed by atoms with Gasteiger partial charge in [-0.3, -0.25) is 0 Å². The van der Waals surface area contributed by atoms with Crippen LogP contribution >= 0.6 is 18.0 Å². The molecule has 0 bridgehead atoms. The van der Waals surface area contributed by atoms with Crippen LogP contribution in [0.1, 0.15) is 20.8 Å². The number of nitrogens with one attached hydrogen (secondary N) is 1. The molecule has 0 aromatic carbocycles. The van der Waals surface area contributed by atoms with Crippen LogP contribution in [0.4, 0.5) is 13.2 Å². The fourth-order valence-corrected chi connectivity index (χ4v) is 2.40. The van der Waals surface area contributed by atoms with Gasteiger partial charge in [-0.05, 0) is 0 Å². The monoisotopic (exact) mass is 379 g/mol. The number of allylic oxidation sites excluding steroid dienone is 1. The van der Waals surface area contributed by atoms with Gasteiger partial charge in [-0.2, -0.15) is 0 Å². The molecular weight excluding hydrogens is 356 g/mol. The normalized spacial score (nSPS) is 17.6. The number of alkyl halides is 5. The summed E-state index contributed by atoms with van der Waals surface area (Å²) in [5.41, 5.74) is 0.277. The van der Waals surface area contributed by atoms with Gasteiger partial charge < -0.3 is 0 Å². The van der Waals surface area contributed by atoms with Gasteiger partial charge in [0.05, 0.1) is 0 Å². The molecule has 0 saturated carbocycles. The van der Waals surface area contributed by atoms with E-state index >= 15 is 0 Å². The third kappa shape index (κ3) is 5.07. The van der Waals surface area contributed by atoms with Crippen molar-refractivity contribution < 1.29 is 18.3 Å². The maximum absolute atomic E-state index is 13.0. The van der Waals surface area contributed by atoms with E-state index in [-0.39, 0.29) is 5.57 Å². The molecule has 0 aliphatic carbocycles. The Morgan fingerprint density at radius 3 is 2.06 bits per heavy atom. The first-order valence-electron chi connectivity index (χ1n) is 5.40. The molecule has 18 heavy (non-hydrogen) atoms. The first kappa shape index (κ1) is 17.6. The SMILES string of the molecule is C=I(C)(C)C(C)=[NH+]N(C)C(/C(C)=C\C)C(F)(F)F. The van der Waals surface area contributed by atoms with Crippen LogP contribution in [-0.4, -0.2) is 42.4 Å². The number of nitrogens with zero attached hydrogens (tertiary/aromatic N) is 1. The fourth-order valence-electron chi connectivity index (χ4n) is 1.36. The predicted octanol–water partition coefficient (Wildman–Crippen LogP) is 1.96. The molecule has 0 amide bonds. The molecule has 0 aliphatic rings. The van der Waals surface area contributed by atoms with Gasteiger partial charge >= 0.3 is 111 Å². The van der Waals surface area contributed by atoms with E-state index in [9.17, 15) is 13.2 Å². The Labute approximate surface area is 111 Å². The van der Waals surface area contributed by atoms with Crippen LogP contribution in [0.3, 0.4) is 0 Å². The zero-order chi connectivity index (χ0) is 14.7. The van der Waals surface area contributed by atoms with Gasteiger partial charge in [0.2, 0.25) is 0 Å². The van der Waals surface area contributed by atoms with Gasteiger partial charge in [0.15, 0.2) is 0 Å². The molecule has 0 aromatic rings. The van der Waals surface area contributed by atoms with Crippen molar-refractivity contribution in [2.75, 3.05) is 16.9 Å². The summed E-state index contributed by atoms with van der Waals surface area (Å²) in [5, 5.41) is 3.97. The van der Waals surface area contributed by atoms with Crippen molar-refractivity contribution in [3.63, 3.8) is 0 Å². The first-order valence-corrected chi connectivity index (χ1v) is 12.3. The van der Waals surface area contributed by atoms with Crippen molar-refractivity contribution in [3.05, 3.63) is 11.6 Å². The van der Waals surface area contributed by atoms with Crippen LogP contribution in [0.5, 0.6) is 0 Å². The number of hydrogen-bond acceptors (Lipinski definition) is 1. The second-order valence-corrected chi connectivity index (χ2v) is 14.4. The molecule has 0 spiro atoms. The average Bonchev–Trinajstić information content (AvgIpc) is 2.13. The second kappa shape index (κ2) is 6.16. The van der Waals surface area contributed by atoms with E-state index in [1.54, 1.807) is 6.92 Å². The van der Waals surface area contributed by atoms with E-state index < -0.39 is 30.2 Å². The van der Waals surface area contributed by atoms with Gasteiger partial charge in [0, 0.05) is 0 Å². The molecular formula is C12H23F3IN2+. The number of rotatable bonds is 4. The molecule has 0 aromatic heterocycles. The van der Waals surface area contributed by atoms with E-state index in [1.807, 2.05) is 16.8 Å². The van der Waals surface area contributed by atoms with Gasteiger partial charge in [-0.15, -0.1) is 0 Å². The summed E-state index contributed by atoms with van der Waals surface area (Å²) in [6.07, 6.45) is -2.81. The molecule has 108 valence electrons. The molecule has 0 rings (SSSR count). The Bertz CT molecular complexity index is 391. The molecule has 0 fully saturated rings. The summed E-state index contributed by atoms with van der Waals surface area (Å²) in [4.78, 5) is 4.04. The number of hydrazine groups is 1. The second-order valence-electron chi connectivity index (χ2n) is 4.66. The molecule has 6 heteroatoms. The van der Waals surface area contributed by atoms with Crippen molar-refractivity contribution in [1.29, 1.82) is 0 Å². The maximum atomic E-state index is 13.0. The van der Waals surface area contributed by atoms with Crippen LogP contribution in [0.15, 0.2) is 11.6 Å². The molecule has 0 radical (unpaired) electrons. The van der Waals surface area contributed by atoms with Gasteiger partial charge in [0.1, 0.15) is 0 Å². The minimum absolute atomic E-state index is 0.277. The predicted molar refractivity (Wildman–Crippen MR) is 81.7 cm³/mol. The average molecular weight is 379 g/mol. The Morgan fingerprint density at radius 2 is 1.78 bits per heavy atom. The minimum atomic E-state index is -4.30. The zero-order valence-corrected chi connectivity index (χ0v) is 14.0. The van der Waals surface area contributed by atoms with E-state index in [1.165, 1.54) is 20.0 Å². The summed E-state index contributed by atoms with van der Waals surface area (Å²) < 4.78 is 44.0. The summed E-state index contributed by atoms with van der Waals surface area (Å²) >= 11 is -2.26. The first-order chi connectivity index (χ1) is 7.91. The van der Waals surface area contributed by atoms with Crippen molar-refractivity contribution in [2.24, 2.45) is 0 Å². The summed E-state index contributed by atoms with van der Waals surface area (Å²) in [6, 6.07) is -1.61. The Balaban J connectivity index is 5.38. The van der Waals surface area contributed by atoms with Gasteiger partial charge in [-0.1, -0.05) is 0 Å². The molecule has 0 saturated heterocycles. The van der Waals surface area contributed by atoms with Gasteiger partial charge in [0.25, 0.3) is 0 Å². The standard InChI is InChI=1S/C12H22F3IN2/c1-8-9(2)11(12(13,14)15)18(7)17-10(3)16(4,5)6/h8,11H,4H2,1-3,5-7H3/p+1/b9-8-,17-10?. The van der Waals surface area contributed by atoms with Crippen molar-refractivity contribution in [3.8, 4) is 0 Å². The van der Waals surface area contributed by atoms with Gasteiger partial charge in [-0.25, -0.2) is 0 Å². The Kier molecular flexibility index (Phi) is 6.03. The summed E-state index contributed by atoms with van der Waals surface area (Å²) in [6.45, 7) is 4.92. The third-order valence-corrected chi connectivity index (χ3v) is 7.30. The van der Waals surface area contributed by atoms with Crippen molar-refractivity contribution >= 4 is 26.2 Å². The molecule has 1 N–H and O–H groups in total. The van der Waals surface area contributed by atoms with Crippen LogP contribution < -0.4 is 5.10 Å². The quantitative estimate of drug-likeness (QED) is 0.260. The van der Waals surface area contributed by atoms with E-state index in [0.29, 0.717) is 0 Å². The number of hydrogen-bond donors (Lipinski definition) is 1. The van der Waals surface area contributed by atoms with Crippen LogP contribution in [0, 0.1) is 0 Å². The molecule has 1 unspecified atom stereocenters. The van der Waals surface area contributed by atoms with Crippen LogP contribution in [-0.2, 0) is 0 Å². The molecule has 0 heterocycles.